The van der Waals surface area contributed by atoms with Crippen LogP contribution in [0, 0.1) is 3.70 Å². The molecule has 0 saturated carbocycles. The number of imidazole rings is 1. The Morgan fingerprint density at radius 3 is 3.20 bits per heavy atom. The summed E-state index contributed by atoms with van der Waals surface area (Å²) < 4.78 is 14.4. The first kappa shape index (κ1) is 15.2. The molecular weight excluding hydrogens is 433 g/mol. The maximum absolute atomic E-state index is 5.96. The van der Waals surface area contributed by atoms with Crippen molar-refractivity contribution >= 4 is 45.4 Å². The molecule has 0 aliphatic carbocycles. The Kier molecular flexibility index (Phi) is 3.66. The predicted molar refractivity (Wildman–Crippen MR) is 103 cm³/mol. The molecule has 1 saturated heterocycles. The van der Waals surface area contributed by atoms with Crippen LogP contribution in [0.1, 0.15) is 0 Å². The fourth-order valence-electron chi connectivity index (χ4n) is 3.36. The van der Waals surface area contributed by atoms with E-state index in [0.29, 0.717) is 12.6 Å². The Hall–Kier alpha value is -2.07. The second-order valence-electron chi connectivity index (χ2n) is 6.11. The molecule has 1 aromatic carbocycles. The van der Waals surface area contributed by atoms with Crippen LogP contribution < -0.4 is 15.0 Å². The third-order valence-electron chi connectivity index (χ3n) is 4.54. The minimum absolute atomic E-state index is 0.307. The van der Waals surface area contributed by atoms with Gasteiger partial charge in [-0.1, -0.05) is 0 Å². The topological polar surface area (TPSA) is 63.9 Å². The van der Waals surface area contributed by atoms with Crippen LogP contribution in [0.15, 0.2) is 36.8 Å². The summed E-state index contributed by atoms with van der Waals surface area (Å²) in [5.41, 5.74) is 2.86. The second-order valence-corrected chi connectivity index (χ2v) is 7.22. The molecule has 2 aliphatic heterocycles. The lowest BCUT2D eigenvalue weighted by atomic mass is 10.1. The average molecular weight is 449 g/mol. The summed E-state index contributed by atoms with van der Waals surface area (Å²) in [4.78, 5) is 11.3. The van der Waals surface area contributed by atoms with Crippen molar-refractivity contribution in [2.24, 2.45) is 0 Å². The van der Waals surface area contributed by atoms with Gasteiger partial charge in [0, 0.05) is 36.9 Å². The number of hydrogen-bond donors (Lipinski definition) is 1. The van der Waals surface area contributed by atoms with Crippen LogP contribution >= 0.6 is 22.6 Å². The molecule has 5 rings (SSSR count). The Morgan fingerprint density at radius 1 is 1.28 bits per heavy atom. The van der Waals surface area contributed by atoms with Crippen LogP contribution in [-0.4, -0.2) is 46.8 Å². The number of rotatable bonds is 2. The van der Waals surface area contributed by atoms with Gasteiger partial charge in [-0.3, -0.25) is 0 Å². The largest absolute Gasteiger partial charge is 0.489 e. The molecule has 1 fully saturated rings. The van der Waals surface area contributed by atoms with Crippen molar-refractivity contribution in [2.75, 3.05) is 36.6 Å². The summed E-state index contributed by atoms with van der Waals surface area (Å²) in [7, 11) is 0. The first-order chi connectivity index (χ1) is 12.3. The standard InChI is InChI=1S/C17H16IN5O2/c18-15-8-22-4-3-19-17(22)16(21-15)20-11-1-2-13-14(7-11)25-10-12-9-24-6-5-23(12)13/h1-4,7-8,12H,5-6,9-10H2,(H,20,21). The van der Waals surface area contributed by atoms with E-state index in [0.717, 1.165) is 52.0 Å². The first-order valence-electron chi connectivity index (χ1n) is 8.15. The van der Waals surface area contributed by atoms with Gasteiger partial charge in [0.1, 0.15) is 16.1 Å². The molecule has 128 valence electrons. The molecule has 25 heavy (non-hydrogen) atoms. The molecule has 4 heterocycles. The van der Waals surface area contributed by atoms with Crippen LogP contribution in [-0.2, 0) is 4.74 Å². The predicted octanol–water partition coefficient (Wildman–Crippen LogP) is 2.68. The normalized spacial score (nSPS) is 19.2. The number of morpholine rings is 1. The van der Waals surface area contributed by atoms with Gasteiger partial charge in [-0.05, 0) is 34.7 Å². The third-order valence-corrected chi connectivity index (χ3v) is 5.06. The van der Waals surface area contributed by atoms with Crippen molar-refractivity contribution in [1.82, 2.24) is 14.4 Å². The molecule has 2 aromatic heterocycles. The first-order valence-corrected chi connectivity index (χ1v) is 9.23. The second kappa shape index (κ2) is 6.03. The maximum atomic E-state index is 5.96. The van der Waals surface area contributed by atoms with Crippen molar-refractivity contribution in [3.8, 4) is 5.75 Å². The highest BCUT2D eigenvalue weighted by Crippen LogP contribution is 2.37. The Balaban J connectivity index is 1.48. The molecule has 3 aromatic rings. The van der Waals surface area contributed by atoms with Crippen LogP contribution in [0.4, 0.5) is 17.2 Å². The highest BCUT2D eigenvalue weighted by Gasteiger charge is 2.30. The van der Waals surface area contributed by atoms with Crippen LogP contribution in [0.2, 0.25) is 0 Å². The summed E-state index contributed by atoms with van der Waals surface area (Å²) in [6.07, 6.45) is 5.63. The molecule has 8 heteroatoms. The van der Waals surface area contributed by atoms with E-state index in [9.17, 15) is 0 Å². The lowest BCUT2D eigenvalue weighted by Crippen LogP contribution is -2.51. The number of nitrogens with zero attached hydrogens (tertiary/aromatic N) is 4. The van der Waals surface area contributed by atoms with E-state index in [1.54, 1.807) is 6.20 Å². The van der Waals surface area contributed by atoms with Gasteiger partial charge in [0.15, 0.2) is 11.5 Å². The quantitative estimate of drug-likeness (QED) is 0.608. The fraction of sp³-hybridized carbons (Fsp3) is 0.294. The molecule has 0 spiro atoms. The van der Waals surface area contributed by atoms with E-state index in [4.69, 9.17) is 9.47 Å². The zero-order chi connectivity index (χ0) is 16.8. The molecule has 0 amide bonds. The number of ether oxygens (including phenoxy) is 2. The van der Waals surface area contributed by atoms with E-state index in [2.05, 4.69) is 54.9 Å². The van der Waals surface area contributed by atoms with Gasteiger partial charge in [0.2, 0.25) is 0 Å². The minimum atomic E-state index is 0.307. The molecule has 0 radical (unpaired) electrons. The van der Waals surface area contributed by atoms with Crippen molar-refractivity contribution in [1.29, 1.82) is 0 Å². The number of aromatic nitrogens is 3. The monoisotopic (exact) mass is 449 g/mol. The summed E-state index contributed by atoms with van der Waals surface area (Å²) in [5.74, 6) is 1.63. The number of hydrogen-bond acceptors (Lipinski definition) is 6. The molecule has 0 bridgehead atoms. The number of fused-ring (bicyclic) bond motifs is 4. The van der Waals surface area contributed by atoms with Crippen molar-refractivity contribution in [2.45, 2.75) is 6.04 Å². The van der Waals surface area contributed by atoms with Gasteiger partial charge in [-0.25, -0.2) is 9.97 Å². The van der Waals surface area contributed by atoms with Gasteiger partial charge >= 0.3 is 0 Å². The Morgan fingerprint density at radius 2 is 2.24 bits per heavy atom. The van der Waals surface area contributed by atoms with Gasteiger partial charge in [0.05, 0.1) is 24.9 Å². The number of anilines is 3. The Bertz CT molecular complexity index is 944. The summed E-state index contributed by atoms with van der Waals surface area (Å²) in [6.45, 7) is 3.05. The minimum Gasteiger partial charge on any atom is -0.489 e. The zero-order valence-electron chi connectivity index (χ0n) is 13.4. The van der Waals surface area contributed by atoms with E-state index in [-0.39, 0.29) is 0 Å². The molecule has 1 atom stereocenters. The van der Waals surface area contributed by atoms with Gasteiger partial charge in [-0.2, -0.15) is 0 Å². The van der Waals surface area contributed by atoms with Crippen molar-refractivity contribution in [3.05, 3.63) is 40.5 Å². The van der Waals surface area contributed by atoms with E-state index >= 15 is 0 Å². The van der Waals surface area contributed by atoms with Gasteiger partial charge < -0.3 is 24.1 Å². The number of halogens is 1. The van der Waals surface area contributed by atoms with Gasteiger partial charge in [-0.15, -0.1) is 0 Å². The lowest BCUT2D eigenvalue weighted by Gasteiger charge is -2.41. The van der Waals surface area contributed by atoms with Crippen molar-refractivity contribution < 1.29 is 9.47 Å². The summed E-state index contributed by atoms with van der Waals surface area (Å²) >= 11 is 2.21. The molecule has 1 unspecified atom stereocenters. The number of benzene rings is 1. The highest BCUT2D eigenvalue weighted by atomic mass is 127. The van der Waals surface area contributed by atoms with Crippen molar-refractivity contribution in [3.63, 3.8) is 0 Å². The lowest BCUT2D eigenvalue weighted by molar-refractivity contribution is 0.0705. The average Bonchev–Trinajstić information content (AvgIpc) is 3.10. The summed E-state index contributed by atoms with van der Waals surface area (Å²) in [5, 5.41) is 3.37. The molecular formula is C17H16IN5O2. The molecule has 7 nitrogen and oxygen atoms in total. The third kappa shape index (κ3) is 2.69. The van der Waals surface area contributed by atoms with Gasteiger partial charge in [0.25, 0.3) is 0 Å². The maximum Gasteiger partial charge on any atom is 0.180 e. The zero-order valence-corrected chi connectivity index (χ0v) is 15.5. The SMILES string of the molecule is Ic1cn2ccnc2c(Nc2ccc3c(c2)OCC2COCCN32)n1. The van der Waals surface area contributed by atoms with E-state index < -0.39 is 0 Å². The van der Waals surface area contributed by atoms with Crippen LogP contribution in [0.25, 0.3) is 5.65 Å². The smallest absolute Gasteiger partial charge is 0.180 e. The summed E-state index contributed by atoms with van der Waals surface area (Å²) in [6, 6.07) is 6.50. The van der Waals surface area contributed by atoms with E-state index in [1.165, 1.54) is 0 Å². The van der Waals surface area contributed by atoms with E-state index in [1.807, 2.05) is 22.9 Å². The fourth-order valence-corrected chi connectivity index (χ4v) is 3.90. The highest BCUT2D eigenvalue weighted by molar-refractivity contribution is 14.1. The molecule has 2 aliphatic rings. The van der Waals surface area contributed by atoms with Crippen LogP contribution in [0.5, 0.6) is 5.75 Å². The molecule has 1 N–H and O–H groups in total. The number of nitrogens with one attached hydrogen (secondary N) is 1. The van der Waals surface area contributed by atoms with Crippen LogP contribution in [0.3, 0.4) is 0 Å². The Labute approximate surface area is 158 Å².